The van der Waals surface area contributed by atoms with E-state index in [1.165, 1.54) is 34.7 Å². The van der Waals surface area contributed by atoms with Gasteiger partial charge in [0.1, 0.15) is 0 Å². The molecule has 29 heavy (non-hydrogen) atoms. The van der Waals surface area contributed by atoms with E-state index in [9.17, 15) is 4.79 Å². The van der Waals surface area contributed by atoms with Crippen LogP contribution in [0.1, 0.15) is 36.1 Å². The van der Waals surface area contributed by atoms with Gasteiger partial charge in [0.15, 0.2) is 5.78 Å². The van der Waals surface area contributed by atoms with Crippen LogP contribution in [0.3, 0.4) is 0 Å². The average Bonchev–Trinajstić information content (AvgIpc) is 2.73. The largest absolute Gasteiger partial charge is 0.298 e. The number of Topliss-reactive ketones (excluding diaryl/α,β-unsaturated/α-hetero) is 1. The van der Waals surface area contributed by atoms with Crippen LogP contribution in [0.25, 0.3) is 10.8 Å². The fourth-order valence-corrected chi connectivity index (χ4v) is 4.57. The summed E-state index contributed by atoms with van der Waals surface area (Å²) in [7, 11) is 2.14. The van der Waals surface area contributed by atoms with E-state index < -0.39 is 0 Å². The van der Waals surface area contributed by atoms with Gasteiger partial charge in [-0.05, 0) is 72.7 Å². The number of ketones is 1. The van der Waals surface area contributed by atoms with Gasteiger partial charge in [-0.2, -0.15) is 0 Å². The number of carbonyl (C=O) groups excluding carboxylic acids is 1. The molecule has 3 nitrogen and oxygen atoms in total. The molecule has 150 valence electrons. The summed E-state index contributed by atoms with van der Waals surface area (Å²) in [5.74, 6) is 0.827. The third-order valence-electron chi connectivity index (χ3n) is 6.10. The van der Waals surface area contributed by atoms with Crippen LogP contribution in [0, 0.1) is 5.92 Å². The first-order chi connectivity index (χ1) is 14.1. The average molecular weight is 387 g/mol. The lowest BCUT2D eigenvalue weighted by Gasteiger charge is -2.29. The Kier molecular flexibility index (Phi) is 6.08. The molecule has 0 amide bonds. The molecular weight excluding hydrogens is 356 g/mol. The highest BCUT2D eigenvalue weighted by Gasteiger charge is 2.21. The zero-order valence-corrected chi connectivity index (χ0v) is 17.4. The predicted octanol–water partition coefficient (Wildman–Crippen LogP) is 4.75. The summed E-state index contributed by atoms with van der Waals surface area (Å²) in [6.45, 7) is 3.42. The van der Waals surface area contributed by atoms with E-state index in [4.69, 9.17) is 0 Å². The maximum Gasteiger partial charge on any atom is 0.151 e. The minimum Gasteiger partial charge on any atom is -0.298 e. The van der Waals surface area contributed by atoms with Gasteiger partial charge in [0, 0.05) is 13.2 Å². The molecular formula is C26H30N2O. The molecule has 2 unspecified atom stereocenters. The third-order valence-corrected chi connectivity index (χ3v) is 6.10. The summed E-state index contributed by atoms with van der Waals surface area (Å²) in [5, 5.41) is 5.86. The van der Waals surface area contributed by atoms with Gasteiger partial charge < -0.3 is 0 Å². The Labute approximate surface area is 173 Å². The molecule has 0 aliphatic heterocycles. The Bertz CT molecular complexity index is 997. The zero-order valence-electron chi connectivity index (χ0n) is 17.4. The normalized spacial score (nSPS) is 17.3. The number of hydrogen-bond donors (Lipinski definition) is 1. The molecule has 0 saturated carbocycles. The molecule has 1 aliphatic carbocycles. The summed E-state index contributed by atoms with van der Waals surface area (Å²) in [6.07, 6.45) is 3.57. The van der Waals surface area contributed by atoms with Gasteiger partial charge in [0.05, 0.1) is 6.04 Å². The van der Waals surface area contributed by atoms with Crippen molar-refractivity contribution in [2.75, 3.05) is 20.3 Å². The second-order valence-corrected chi connectivity index (χ2v) is 8.43. The van der Waals surface area contributed by atoms with Gasteiger partial charge in [0.2, 0.25) is 0 Å². The van der Waals surface area contributed by atoms with Crippen molar-refractivity contribution < 1.29 is 4.79 Å². The van der Waals surface area contributed by atoms with Crippen molar-refractivity contribution in [3.63, 3.8) is 0 Å². The van der Waals surface area contributed by atoms with E-state index in [1.807, 2.05) is 12.1 Å². The Morgan fingerprint density at radius 2 is 1.76 bits per heavy atom. The van der Waals surface area contributed by atoms with Crippen molar-refractivity contribution in [3.8, 4) is 0 Å². The first-order valence-electron chi connectivity index (χ1n) is 10.6. The first-order valence-corrected chi connectivity index (χ1v) is 10.6. The Hall–Kier alpha value is -2.49. The van der Waals surface area contributed by atoms with Gasteiger partial charge >= 0.3 is 0 Å². The number of benzene rings is 3. The monoisotopic (exact) mass is 386 g/mol. The third kappa shape index (κ3) is 4.75. The minimum absolute atomic E-state index is 0.153. The Balaban J connectivity index is 1.37. The molecule has 0 fully saturated rings. The van der Waals surface area contributed by atoms with E-state index in [-0.39, 0.29) is 11.8 Å². The lowest BCUT2D eigenvalue weighted by Crippen LogP contribution is -2.39. The Morgan fingerprint density at radius 3 is 2.55 bits per heavy atom. The number of hydrogen-bond acceptors (Lipinski definition) is 3. The van der Waals surface area contributed by atoms with Crippen LogP contribution in [0.15, 0.2) is 66.7 Å². The molecule has 0 heterocycles. The number of fused-ring (bicyclic) bond motifs is 2. The van der Waals surface area contributed by atoms with E-state index in [0.29, 0.717) is 12.6 Å². The number of nitrogens with one attached hydrogen (secondary N) is 1. The van der Waals surface area contributed by atoms with Crippen molar-refractivity contribution in [3.05, 3.63) is 83.4 Å². The Morgan fingerprint density at radius 1 is 1.03 bits per heavy atom. The highest BCUT2D eigenvalue weighted by molar-refractivity contribution is 5.87. The van der Waals surface area contributed by atoms with Gasteiger partial charge in [0.25, 0.3) is 0 Å². The molecule has 3 aromatic carbocycles. The van der Waals surface area contributed by atoms with E-state index in [1.54, 1.807) is 6.92 Å². The molecule has 0 radical (unpaired) electrons. The molecule has 3 aromatic rings. The zero-order chi connectivity index (χ0) is 20.2. The summed E-state index contributed by atoms with van der Waals surface area (Å²) >= 11 is 0. The number of carbonyl (C=O) groups is 1. The van der Waals surface area contributed by atoms with Crippen LogP contribution in [-0.2, 0) is 17.6 Å². The number of aryl methyl sites for hydroxylation is 1. The van der Waals surface area contributed by atoms with Crippen LogP contribution in [0.5, 0.6) is 0 Å². The van der Waals surface area contributed by atoms with E-state index in [0.717, 1.165) is 18.5 Å². The van der Waals surface area contributed by atoms with Crippen LogP contribution >= 0.6 is 0 Å². The SMILES string of the molecule is CC(=O)C(NCN(C)CC1CCc2ccccc2C1)c1ccc2ccccc2c1. The van der Waals surface area contributed by atoms with Crippen molar-refractivity contribution in [1.29, 1.82) is 0 Å². The molecule has 0 bridgehead atoms. The van der Waals surface area contributed by atoms with Crippen LogP contribution in [0.2, 0.25) is 0 Å². The second-order valence-electron chi connectivity index (χ2n) is 8.43. The van der Waals surface area contributed by atoms with Gasteiger partial charge in [-0.1, -0.05) is 60.7 Å². The summed E-state index contributed by atoms with van der Waals surface area (Å²) < 4.78 is 0. The van der Waals surface area contributed by atoms with Crippen LogP contribution in [0.4, 0.5) is 0 Å². The van der Waals surface area contributed by atoms with Crippen LogP contribution < -0.4 is 5.32 Å². The molecule has 4 rings (SSSR count). The topological polar surface area (TPSA) is 32.3 Å². The quantitative estimate of drug-likeness (QED) is 0.595. The highest BCUT2D eigenvalue weighted by atomic mass is 16.1. The van der Waals surface area contributed by atoms with Crippen LogP contribution in [-0.4, -0.2) is 30.9 Å². The summed E-state index contributed by atoms with van der Waals surface area (Å²) in [5.41, 5.74) is 4.05. The molecule has 1 N–H and O–H groups in total. The fraction of sp³-hybridized carbons (Fsp3) is 0.346. The molecule has 0 saturated heterocycles. The van der Waals surface area contributed by atoms with Crippen molar-refractivity contribution in [1.82, 2.24) is 10.2 Å². The van der Waals surface area contributed by atoms with Gasteiger partial charge in [-0.15, -0.1) is 0 Å². The summed E-state index contributed by atoms with van der Waals surface area (Å²) in [6, 6.07) is 23.1. The second kappa shape index (κ2) is 8.89. The van der Waals surface area contributed by atoms with Crippen molar-refractivity contribution in [2.24, 2.45) is 5.92 Å². The van der Waals surface area contributed by atoms with Gasteiger partial charge in [-0.3, -0.25) is 15.0 Å². The molecule has 1 aliphatic rings. The van der Waals surface area contributed by atoms with E-state index >= 15 is 0 Å². The standard InChI is InChI=1S/C26H30N2O/c1-19(29)26(25-14-13-22-8-4-6-10-24(22)16-25)27-18-28(2)17-20-11-12-21-7-3-5-9-23(21)15-20/h3-10,13-14,16,20,26-27H,11-12,15,17-18H2,1-2H3. The van der Waals surface area contributed by atoms with E-state index in [2.05, 4.69) is 71.9 Å². The highest BCUT2D eigenvalue weighted by Crippen LogP contribution is 2.26. The molecule has 2 atom stereocenters. The smallest absolute Gasteiger partial charge is 0.151 e. The van der Waals surface area contributed by atoms with Crippen molar-refractivity contribution in [2.45, 2.75) is 32.2 Å². The maximum absolute atomic E-state index is 12.3. The lowest BCUT2D eigenvalue weighted by atomic mass is 9.84. The summed E-state index contributed by atoms with van der Waals surface area (Å²) in [4.78, 5) is 14.7. The minimum atomic E-state index is -0.269. The number of nitrogens with zero attached hydrogens (tertiary/aromatic N) is 1. The number of rotatable bonds is 7. The lowest BCUT2D eigenvalue weighted by molar-refractivity contribution is -0.119. The predicted molar refractivity (Wildman–Crippen MR) is 120 cm³/mol. The molecule has 0 spiro atoms. The molecule has 0 aromatic heterocycles. The maximum atomic E-state index is 12.3. The van der Waals surface area contributed by atoms with Crippen molar-refractivity contribution >= 4 is 16.6 Å². The van der Waals surface area contributed by atoms with Gasteiger partial charge in [-0.25, -0.2) is 0 Å². The fourth-order valence-electron chi connectivity index (χ4n) is 4.57. The molecule has 3 heteroatoms. The first kappa shape index (κ1) is 19.8.